The molecule has 3 rings (SSSR count). The van der Waals surface area contributed by atoms with Crippen LogP contribution in [0, 0.1) is 5.82 Å². The minimum Gasteiger partial charge on any atom is -0.486 e. The molecule has 0 aliphatic carbocycles. The second-order valence-corrected chi connectivity index (χ2v) is 7.92. The Bertz CT molecular complexity index is 751. The lowest BCUT2D eigenvalue weighted by atomic mass is 10.0. The van der Waals surface area contributed by atoms with Crippen LogP contribution in [0.4, 0.5) is 4.39 Å². The van der Waals surface area contributed by atoms with Crippen molar-refractivity contribution >= 4 is 41.3 Å². The Kier molecular flexibility index (Phi) is 10.2. The lowest BCUT2D eigenvalue weighted by molar-refractivity contribution is 0.197. The topological polar surface area (TPSA) is 48.9 Å². The summed E-state index contributed by atoms with van der Waals surface area (Å²) in [4.78, 5) is 6.81. The van der Waals surface area contributed by atoms with E-state index in [0.29, 0.717) is 12.6 Å². The zero-order valence-corrected chi connectivity index (χ0v) is 20.1. The molecule has 1 atom stereocenters. The first kappa shape index (κ1) is 23.9. The molecule has 1 saturated heterocycles. The Balaban J connectivity index is 0.00000300. The van der Waals surface area contributed by atoms with Crippen molar-refractivity contribution in [3.8, 4) is 5.75 Å². The maximum Gasteiger partial charge on any atom is 0.191 e. The van der Waals surface area contributed by atoms with E-state index in [9.17, 15) is 4.39 Å². The number of halogens is 2. The molecule has 1 aromatic heterocycles. The molecule has 0 bridgehead atoms. The average Bonchev–Trinajstić information content (AvgIpc) is 3.21. The summed E-state index contributed by atoms with van der Waals surface area (Å²) < 4.78 is 19.4. The van der Waals surface area contributed by atoms with Gasteiger partial charge in [-0.1, -0.05) is 12.1 Å². The molecule has 0 radical (unpaired) electrons. The van der Waals surface area contributed by atoms with Gasteiger partial charge in [-0.15, -0.1) is 24.0 Å². The van der Waals surface area contributed by atoms with Crippen molar-refractivity contribution in [3.05, 3.63) is 52.5 Å². The number of likely N-dealkylation sites (tertiary alicyclic amines) is 1. The summed E-state index contributed by atoms with van der Waals surface area (Å²) in [7, 11) is 1.77. The van der Waals surface area contributed by atoms with Gasteiger partial charge in [-0.25, -0.2) is 4.39 Å². The lowest BCUT2D eigenvalue weighted by Crippen LogP contribution is -2.49. The molecule has 160 valence electrons. The van der Waals surface area contributed by atoms with Crippen LogP contribution in [-0.2, 0) is 6.54 Å². The molecule has 0 saturated carbocycles. The van der Waals surface area contributed by atoms with Gasteiger partial charge in [0.05, 0.1) is 6.54 Å². The molecule has 1 aliphatic rings. The normalized spacial score (nSPS) is 16.7. The Morgan fingerprint density at radius 2 is 2.07 bits per heavy atom. The van der Waals surface area contributed by atoms with Gasteiger partial charge in [-0.3, -0.25) is 9.89 Å². The molecular formula is C21H30FIN4OS. The average molecular weight is 532 g/mol. The van der Waals surface area contributed by atoms with E-state index in [4.69, 9.17) is 4.74 Å². The third kappa shape index (κ3) is 7.75. The van der Waals surface area contributed by atoms with Gasteiger partial charge in [0.15, 0.2) is 17.5 Å². The predicted molar refractivity (Wildman–Crippen MR) is 129 cm³/mol. The van der Waals surface area contributed by atoms with Gasteiger partial charge in [-0.2, -0.15) is 11.3 Å². The number of rotatable bonds is 7. The van der Waals surface area contributed by atoms with Gasteiger partial charge in [0.25, 0.3) is 0 Å². The molecular weight excluding hydrogens is 502 g/mol. The predicted octanol–water partition coefficient (Wildman–Crippen LogP) is 4.10. The molecule has 2 N–H and O–H groups in total. The standard InChI is InChI=1S/C21H29FN4OS.HI/c1-16(27-20-6-4-3-5-19(20)22)13-24-21(23-2)25-18-7-10-26(11-8-18)14-17-9-12-28-15-17;/h3-6,9,12,15-16,18H,7-8,10-11,13-14H2,1-2H3,(H2,23,24,25);1H. The number of hydrogen-bond donors (Lipinski definition) is 2. The smallest absolute Gasteiger partial charge is 0.191 e. The van der Waals surface area contributed by atoms with Crippen LogP contribution in [-0.4, -0.2) is 49.7 Å². The van der Waals surface area contributed by atoms with Crippen molar-refractivity contribution < 1.29 is 9.13 Å². The van der Waals surface area contributed by atoms with Crippen LogP contribution >= 0.6 is 35.3 Å². The van der Waals surface area contributed by atoms with Crippen LogP contribution in [0.25, 0.3) is 0 Å². The number of benzene rings is 1. The molecule has 1 unspecified atom stereocenters. The number of ether oxygens (including phenoxy) is 1. The molecule has 0 amide bonds. The molecule has 2 heterocycles. The Morgan fingerprint density at radius 1 is 1.31 bits per heavy atom. The van der Waals surface area contributed by atoms with Gasteiger partial charge in [-0.05, 0) is 54.3 Å². The zero-order chi connectivity index (χ0) is 19.8. The van der Waals surface area contributed by atoms with E-state index in [-0.39, 0.29) is 41.6 Å². The first-order valence-electron chi connectivity index (χ1n) is 9.76. The number of hydrogen-bond acceptors (Lipinski definition) is 4. The molecule has 1 aliphatic heterocycles. The first-order chi connectivity index (χ1) is 13.6. The molecule has 8 heteroatoms. The monoisotopic (exact) mass is 532 g/mol. The van der Waals surface area contributed by atoms with Gasteiger partial charge < -0.3 is 15.4 Å². The van der Waals surface area contributed by atoms with Crippen LogP contribution in [0.2, 0.25) is 0 Å². The van der Waals surface area contributed by atoms with E-state index in [0.717, 1.165) is 38.4 Å². The van der Waals surface area contributed by atoms with Crippen LogP contribution in [0.3, 0.4) is 0 Å². The maximum absolute atomic E-state index is 13.7. The molecule has 2 aromatic rings. The van der Waals surface area contributed by atoms with E-state index in [1.54, 1.807) is 36.6 Å². The summed E-state index contributed by atoms with van der Waals surface area (Å²) in [6.07, 6.45) is 2.00. The van der Waals surface area contributed by atoms with Crippen molar-refractivity contribution in [2.75, 3.05) is 26.7 Å². The summed E-state index contributed by atoms with van der Waals surface area (Å²) in [5.41, 5.74) is 1.40. The highest BCUT2D eigenvalue weighted by molar-refractivity contribution is 14.0. The summed E-state index contributed by atoms with van der Waals surface area (Å²) in [5.74, 6) is 0.698. The number of thiophene rings is 1. The molecule has 1 aromatic carbocycles. The zero-order valence-electron chi connectivity index (χ0n) is 16.9. The molecule has 1 fully saturated rings. The molecule has 29 heavy (non-hydrogen) atoms. The highest BCUT2D eigenvalue weighted by atomic mass is 127. The third-order valence-electron chi connectivity index (χ3n) is 4.86. The Hall–Kier alpha value is -1.39. The SMILES string of the molecule is CN=C(NCC(C)Oc1ccccc1F)NC1CCN(Cc2ccsc2)CC1.I. The number of para-hydroxylation sites is 1. The quantitative estimate of drug-likeness (QED) is 0.321. The fraction of sp³-hybridized carbons (Fsp3) is 0.476. The van der Waals surface area contributed by atoms with Crippen molar-refractivity contribution in [2.45, 2.75) is 38.5 Å². The minimum atomic E-state index is -0.342. The van der Waals surface area contributed by atoms with Crippen LogP contribution in [0.1, 0.15) is 25.3 Å². The van der Waals surface area contributed by atoms with Crippen LogP contribution in [0.5, 0.6) is 5.75 Å². The van der Waals surface area contributed by atoms with Gasteiger partial charge in [0, 0.05) is 32.7 Å². The first-order valence-corrected chi connectivity index (χ1v) is 10.7. The van der Waals surface area contributed by atoms with Crippen molar-refractivity contribution in [1.82, 2.24) is 15.5 Å². The van der Waals surface area contributed by atoms with E-state index >= 15 is 0 Å². The van der Waals surface area contributed by atoms with Crippen molar-refractivity contribution in [2.24, 2.45) is 4.99 Å². The summed E-state index contributed by atoms with van der Waals surface area (Å²) in [6, 6.07) is 9.08. The van der Waals surface area contributed by atoms with Gasteiger partial charge >= 0.3 is 0 Å². The van der Waals surface area contributed by atoms with E-state index < -0.39 is 0 Å². The Labute approximate surface area is 193 Å². The third-order valence-corrected chi connectivity index (χ3v) is 5.59. The second-order valence-electron chi connectivity index (χ2n) is 7.14. The summed E-state index contributed by atoms with van der Waals surface area (Å²) in [6.45, 7) is 5.66. The number of guanidine groups is 1. The van der Waals surface area contributed by atoms with Crippen molar-refractivity contribution in [1.29, 1.82) is 0 Å². The lowest BCUT2D eigenvalue weighted by Gasteiger charge is -2.33. The summed E-state index contributed by atoms with van der Waals surface area (Å²) in [5, 5.41) is 11.1. The maximum atomic E-state index is 13.7. The second kappa shape index (κ2) is 12.3. The summed E-state index contributed by atoms with van der Waals surface area (Å²) >= 11 is 1.75. The van der Waals surface area contributed by atoms with E-state index in [1.807, 2.05) is 6.92 Å². The number of nitrogens with one attached hydrogen (secondary N) is 2. The van der Waals surface area contributed by atoms with E-state index in [2.05, 4.69) is 37.4 Å². The van der Waals surface area contributed by atoms with Gasteiger partial charge in [0.2, 0.25) is 0 Å². The van der Waals surface area contributed by atoms with Crippen molar-refractivity contribution in [3.63, 3.8) is 0 Å². The fourth-order valence-electron chi connectivity index (χ4n) is 3.30. The molecule has 5 nitrogen and oxygen atoms in total. The number of piperidine rings is 1. The number of nitrogens with zero attached hydrogens (tertiary/aromatic N) is 2. The minimum absolute atomic E-state index is 0. The molecule has 0 spiro atoms. The van der Waals surface area contributed by atoms with Gasteiger partial charge in [0.1, 0.15) is 6.10 Å². The fourth-order valence-corrected chi connectivity index (χ4v) is 3.96. The largest absolute Gasteiger partial charge is 0.486 e. The number of aliphatic imine (C=N–C) groups is 1. The Morgan fingerprint density at radius 3 is 2.72 bits per heavy atom. The van der Waals surface area contributed by atoms with Crippen LogP contribution in [0.15, 0.2) is 46.1 Å². The highest BCUT2D eigenvalue weighted by Crippen LogP contribution is 2.17. The van der Waals surface area contributed by atoms with E-state index in [1.165, 1.54) is 11.6 Å². The highest BCUT2D eigenvalue weighted by Gasteiger charge is 2.20. The van der Waals surface area contributed by atoms with Crippen LogP contribution < -0.4 is 15.4 Å².